The Kier molecular flexibility index (Phi) is 4.84. The molecule has 0 fully saturated rings. The van der Waals surface area contributed by atoms with Gasteiger partial charge in [-0.1, -0.05) is 30.3 Å². The van der Waals surface area contributed by atoms with Gasteiger partial charge in [0.15, 0.2) is 0 Å². The first-order valence-electron chi connectivity index (χ1n) is 7.42. The molecule has 1 aliphatic heterocycles. The minimum Gasteiger partial charge on any atom is -0.468 e. The predicted octanol–water partition coefficient (Wildman–Crippen LogP) is 2.82. The highest BCUT2D eigenvalue weighted by Crippen LogP contribution is 2.36. The van der Waals surface area contributed by atoms with Crippen molar-refractivity contribution in [1.82, 2.24) is 4.31 Å². The number of nitrogens with zero attached hydrogens (tertiary/aromatic N) is 1. The Balaban J connectivity index is 1.94. The first-order chi connectivity index (χ1) is 11.5. The molecule has 24 heavy (non-hydrogen) atoms. The summed E-state index contributed by atoms with van der Waals surface area (Å²) in [6.07, 6.45) is 2.13. The van der Waals surface area contributed by atoms with E-state index in [1.165, 1.54) is 28.8 Å². The molecular weight excluding hydrogens is 346 g/mol. The molecule has 7 heteroatoms. The SMILES string of the molecule is COC(=O)[C@@H]1c2ccsc2CCN1S(=O)(=O)/C=C/c1ccccc1. The molecule has 0 radical (unpaired) electrons. The number of esters is 1. The Labute approximate surface area is 145 Å². The summed E-state index contributed by atoms with van der Waals surface area (Å²) in [6, 6.07) is 10.0. The largest absolute Gasteiger partial charge is 0.468 e. The third kappa shape index (κ3) is 3.28. The van der Waals surface area contributed by atoms with E-state index in [9.17, 15) is 13.2 Å². The molecule has 0 bridgehead atoms. The van der Waals surface area contributed by atoms with Gasteiger partial charge in [-0.2, -0.15) is 4.31 Å². The van der Waals surface area contributed by atoms with E-state index in [0.29, 0.717) is 6.42 Å². The van der Waals surface area contributed by atoms with Crippen LogP contribution in [0, 0.1) is 0 Å². The van der Waals surface area contributed by atoms with Crippen LogP contribution in [-0.2, 0) is 26.0 Å². The second-order valence-electron chi connectivity index (χ2n) is 5.34. The van der Waals surface area contributed by atoms with Gasteiger partial charge < -0.3 is 4.74 Å². The lowest BCUT2D eigenvalue weighted by atomic mass is 10.0. The van der Waals surface area contributed by atoms with Crippen molar-refractivity contribution in [3.05, 3.63) is 63.2 Å². The molecule has 0 saturated heterocycles. The second-order valence-corrected chi connectivity index (χ2v) is 8.12. The van der Waals surface area contributed by atoms with Crippen LogP contribution in [0.3, 0.4) is 0 Å². The van der Waals surface area contributed by atoms with Gasteiger partial charge >= 0.3 is 5.97 Å². The van der Waals surface area contributed by atoms with Crippen molar-refractivity contribution in [2.45, 2.75) is 12.5 Å². The fourth-order valence-corrected chi connectivity index (χ4v) is 4.96. The van der Waals surface area contributed by atoms with Gasteiger partial charge in [-0.15, -0.1) is 11.3 Å². The van der Waals surface area contributed by atoms with Crippen molar-refractivity contribution in [3.63, 3.8) is 0 Å². The average Bonchev–Trinajstić information content (AvgIpc) is 3.08. The van der Waals surface area contributed by atoms with E-state index in [2.05, 4.69) is 0 Å². The van der Waals surface area contributed by atoms with Crippen LogP contribution in [0.5, 0.6) is 0 Å². The zero-order chi connectivity index (χ0) is 17.2. The van der Waals surface area contributed by atoms with Crippen molar-refractivity contribution in [1.29, 1.82) is 0 Å². The highest BCUT2D eigenvalue weighted by atomic mass is 32.2. The number of rotatable bonds is 4. The van der Waals surface area contributed by atoms with Gasteiger partial charge in [-0.25, -0.2) is 13.2 Å². The molecule has 0 unspecified atom stereocenters. The molecule has 0 spiro atoms. The molecule has 0 saturated carbocycles. The number of sulfonamides is 1. The van der Waals surface area contributed by atoms with Crippen LogP contribution in [0.2, 0.25) is 0 Å². The summed E-state index contributed by atoms with van der Waals surface area (Å²) in [7, 11) is -2.48. The number of hydrogen-bond acceptors (Lipinski definition) is 5. The first-order valence-corrected chi connectivity index (χ1v) is 9.80. The molecule has 0 amide bonds. The van der Waals surface area contributed by atoms with Crippen LogP contribution in [0.4, 0.5) is 0 Å². The monoisotopic (exact) mass is 363 g/mol. The lowest BCUT2D eigenvalue weighted by molar-refractivity contribution is -0.145. The Morgan fingerprint density at radius 2 is 2.04 bits per heavy atom. The molecule has 1 aliphatic rings. The van der Waals surface area contributed by atoms with E-state index in [0.717, 1.165) is 21.4 Å². The van der Waals surface area contributed by atoms with E-state index >= 15 is 0 Å². The summed E-state index contributed by atoms with van der Waals surface area (Å²) in [5.74, 6) is -0.564. The van der Waals surface area contributed by atoms with Crippen LogP contribution >= 0.6 is 11.3 Å². The number of carbonyl (C=O) groups excluding carboxylic acids is 1. The van der Waals surface area contributed by atoms with Gasteiger partial charge in [-0.05, 0) is 35.1 Å². The smallest absolute Gasteiger partial charge is 0.328 e. The predicted molar refractivity (Wildman–Crippen MR) is 93.9 cm³/mol. The molecule has 0 aliphatic carbocycles. The second kappa shape index (κ2) is 6.88. The van der Waals surface area contributed by atoms with Gasteiger partial charge in [0, 0.05) is 16.8 Å². The van der Waals surface area contributed by atoms with Crippen LogP contribution < -0.4 is 0 Å². The Morgan fingerprint density at radius 1 is 1.29 bits per heavy atom. The molecule has 126 valence electrons. The van der Waals surface area contributed by atoms with E-state index in [4.69, 9.17) is 4.74 Å². The van der Waals surface area contributed by atoms with Crippen LogP contribution in [0.1, 0.15) is 22.0 Å². The van der Waals surface area contributed by atoms with Crippen LogP contribution in [-0.4, -0.2) is 32.3 Å². The summed E-state index contributed by atoms with van der Waals surface area (Å²) < 4.78 is 31.6. The normalized spacial score (nSPS) is 18.5. The zero-order valence-corrected chi connectivity index (χ0v) is 14.7. The van der Waals surface area contributed by atoms with E-state index in [1.54, 1.807) is 6.07 Å². The third-order valence-corrected chi connectivity index (χ3v) is 6.43. The molecule has 2 aromatic rings. The molecule has 5 nitrogen and oxygen atoms in total. The molecule has 0 N–H and O–H groups in total. The molecule has 3 rings (SSSR count). The summed E-state index contributed by atoms with van der Waals surface area (Å²) in [5.41, 5.74) is 1.50. The van der Waals surface area contributed by atoms with Crippen molar-refractivity contribution in [2.75, 3.05) is 13.7 Å². The van der Waals surface area contributed by atoms with Gasteiger partial charge in [-0.3, -0.25) is 0 Å². The topological polar surface area (TPSA) is 63.7 Å². The van der Waals surface area contributed by atoms with Gasteiger partial charge in [0.25, 0.3) is 0 Å². The molecule has 2 heterocycles. The highest BCUT2D eigenvalue weighted by Gasteiger charge is 2.40. The first kappa shape index (κ1) is 16.9. The number of methoxy groups -OCH3 is 1. The van der Waals surface area contributed by atoms with Crippen LogP contribution in [0.25, 0.3) is 6.08 Å². The fraction of sp³-hybridized carbons (Fsp3) is 0.235. The number of fused-ring (bicyclic) bond motifs is 1. The molecule has 1 aromatic heterocycles. The Morgan fingerprint density at radius 3 is 2.75 bits per heavy atom. The summed E-state index contributed by atoms with van der Waals surface area (Å²) >= 11 is 1.53. The quantitative estimate of drug-likeness (QED) is 0.784. The van der Waals surface area contributed by atoms with E-state index in [1.807, 2.05) is 35.7 Å². The van der Waals surface area contributed by atoms with E-state index in [-0.39, 0.29) is 6.54 Å². The van der Waals surface area contributed by atoms with E-state index < -0.39 is 22.0 Å². The maximum atomic E-state index is 12.8. The zero-order valence-electron chi connectivity index (χ0n) is 13.1. The van der Waals surface area contributed by atoms with Crippen molar-refractivity contribution < 1.29 is 17.9 Å². The molecule has 1 atom stereocenters. The Hall–Kier alpha value is -1.96. The van der Waals surface area contributed by atoms with Crippen LogP contribution in [0.15, 0.2) is 47.2 Å². The fourth-order valence-electron chi connectivity index (χ4n) is 2.73. The summed E-state index contributed by atoms with van der Waals surface area (Å²) in [5, 5.41) is 3.02. The third-order valence-electron chi connectivity index (χ3n) is 3.91. The molecule has 1 aromatic carbocycles. The minimum atomic E-state index is -3.75. The maximum Gasteiger partial charge on any atom is 0.328 e. The van der Waals surface area contributed by atoms with Gasteiger partial charge in [0.2, 0.25) is 10.0 Å². The Bertz CT molecular complexity index is 856. The number of benzene rings is 1. The van der Waals surface area contributed by atoms with Gasteiger partial charge in [0.1, 0.15) is 6.04 Å². The highest BCUT2D eigenvalue weighted by molar-refractivity contribution is 7.92. The molecular formula is C17H17NO4S2. The van der Waals surface area contributed by atoms with Crippen molar-refractivity contribution >= 4 is 33.4 Å². The lowest BCUT2D eigenvalue weighted by Crippen LogP contribution is -2.42. The lowest BCUT2D eigenvalue weighted by Gasteiger charge is -2.31. The van der Waals surface area contributed by atoms with Gasteiger partial charge in [0.05, 0.1) is 7.11 Å². The number of hydrogen-bond donors (Lipinski definition) is 0. The number of thiophene rings is 1. The maximum absolute atomic E-state index is 12.8. The van der Waals surface area contributed by atoms with Crippen molar-refractivity contribution in [2.24, 2.45) is 0 Å². The van der Waals surface area contributed by atoms with Crippen molar-refractivity contribution in [3.8, 4) is 0 Å². The summed E-state index contributed by atoms with van der Waals surface area (Å²) in [6.45, 7) is 0.259. The number of carbonyl (C=O) groups is 1. The summed E-state index contributed by atoms with van der Waals surface area (Å²) in [4.78, 5) is 13.2. The standard InChI is InChI=1S/C17H17NO4S2/c1-22-17(19)16-14-8-11-23-15(14)7-10-18(16)24(20,21)12-9-13-5-3-2-4-6-13/h2-6,8-9,11-12,16H,7,10H2,1H3/b12-9+/t16-/m0/s1. The average molecular weight is 363 g/mol. The minimum absolute atomic E-state index is 0.259. The number of ether oxygens (including phenoxy) is 1.